The molecule has 0 aromatic rings. The number of carbonyl (C=O) groups excluding carboxylic acids is 1. The number of hydrogen-bond acceptors (Lipinski definition) is 2. The van der Waals surface area contributed by atoms with Crippen LogP contribution in [0.25, 0.3) is 0 Å². The first-order chi connectivity index (χ1) is 3.41. The third-order valence-corrected chi connectivity index (χ3v) is 1.45. The summed E-state index contributed by atoms with van der Waals surface area (Å²) in [6.07, 6.45) is 2.41. The summed E-state index contributed by atoms with van der Waals surface area (Å²) in [5.74, 6) is 2.03. The van der Waals surface area contributed by atoms with E-state index in [1.165, 1.54) is 0 Å². The van der Waals surface area contributed by atoms with Crippen molar-refractivity contribution in [3.05, 3.63) is 0 Å². The Kier molecular flexibility index (Phi) is 6.04. The van der Waals surface area contributed by atoms with Crippen molar-refractivity contribution in [2.45, 2.75) is 13.3 Å². The van der Waals surface area contributed by atoms with Crippen LogP contribution in [-0.2, 0) is 4.79 Å². The van der Waals surface area contributed by atoms with Crippen molar-refractivity contribution in [3.8, 4) is 0 Å². The molecule has 0 saturated heterocycles. The molecule has 0 amide bonds. The van der Waals surface area contributed by atoms with Crippen LogP contribution < -0.4 is 0 Å². The minimum Gasteiger partial charge on any atom is -0.291 e. The molecule has 0 N–H and O–H groups in total. The normalized spacial score (nSPS) is 8.71. The third kappa shape index (κ3) is 6.02. The van der Waals surface area contributed by atoms with E-state index < -0.39 is 0 Å². The molecule has 0 rings (SSSR count). The summed E-state index contributed by atoms with van der Waals surface area (Å²) in [6.45, 7) is 2.08. The van der Waals surface area contributed by atoms with Crippen LogP contribution in [0.2, 0.25) is 0 Å². The maximum absolute atomic E-state index is 9.54. The van der Waals surface area contributed by atoms with Crippen LogP contribution in [0.1, 0.15) is 13.3 Å². The maximum Gasteiger partial charge on any atom is 0.199 e. The molecule has 0 saturated carbocycles. The lowest BCUT2D eigenvalue weighted by Gasteiger charge is -1.85. The van der Waals surface area contributed by atoms with Gasteiger partial charge in [0.2, 0.25) is 0 Å². The second-order valence-corrected chi connectivity index (χ2v) is 2.49. The fourth-order valence-electron chi connectivity index (χ4n) is 0.258. The van der Waals surface area contributed by atoms with E-state index in [9.17, 15) is 4.79 Å². The molecule has 0 unspecified atom stereocenters. The molecule has 0 fully saturated rings. The van der Waals surface area contributed by atoms with Gasteiger partial charge in [-0.25, -0.2) is 0 Å². The molecule has 7 heavy (non-hydrogen) atoms. The number of thioether (sulfide) groups is 1. The van der Waals surface area contributed by atoms with Gasteiger partial charge in [-0.05, 0) is 5.75 Å². The van der Waals surface area contributed by atoms with Crippen LogP contribution in [-0.4, -0.2) is 17.8 Å². The summed E-state index contributed by atoms with van der Waals surface area (Å²) in [6, 6.07) is 0. The van der Waals surface area contributed by atoms with Crippen LogP contribution in [0, 0.1) is 0 Å². The molecule has 41 valence electrons. The van der Waals surface area contributed by atoms with Gasteiger partial charge < -0.3 is 0 Å². The summed E-state index contributed by atoms with van der Waals surface area (Å²) in [7, 11) is 0. The smallest absolute Gasteiger partial charge is 0.199 e. The zero-order valence-electron chi connectivity index (χ0n) is 4.44. The second-order valence-electron chi connectivity index (χ2n) is 1.09. The van der Waals surface area contributed by atoms with Crippen LogP contribution in [0.5, 0.6) is 0 Å². The molecule has 0 spiro atoms. The number of hydrogen-bond donors (Lipinski definition) is 0. The first-order valence-electron chi connectivity index (χ1n) is 2.34. The van der Waals surface area contributed by atoms with Crippen LogP contribution >= 0.6 is 11.8 Å². The van der Waals surface area contributed by atoms with Gasteiger partial charge in [-0.2, -0.15) is 11.8 Å². The van der Waals surface area contributed by atoms with Gasteiger partial charge in [0, 0.05) is 12.2 Å². The van der Waals surface area contributed by atoms with E-state index in [1.54, 1.807) is 11.8 Å². The van der Waals surface area contributed by atoms with Gasteiger partial charge >= 0.3 is 0 Å². The lowest BCUT2D eigenvalue weighted by atomic mass is 10.6. The van der Waals surface area contributed by atoms with Crippen LogP contribution in [0.3, 0.4) is 0 Å². The Bertz CT molecular complexity index is 45.3. The van der Waals surface area contributed by atoms with Crippen LogP contribution in [0.15, 0.2) is 0 Å². The molecule has 0 bridgehead atoms. The molecule has 0 aliphatic rings. The highest BCUT2D eigenvalue weighted by Gasteiger charge is 1.81. The Balaban J connectivity index is 2.56. The molecule has 0 heterocycles. The molecule has 1 nitrogen and oxygen atoms in total. The summed E-state index contributed by atoms with van der Waals surface area (Å²) < 4.78 is 0. The van der Waals surface area contributed by atoms with Crippen molar-refractivity contribution in [2.24, 2.45) is 0 Å². The van der Waals surface area contributed by atoms with Gasteiger partial charge in [0.05, 0.1) is 0 Å². The SMILES string of the molecule is CCSCC[C]=O. The van der Waals surface area contributed by atoms with Gasteiger partial charge in [-0.3, -0.25) is 4.79 Å². The minimum atomic E-state index is 0.582. The Morgan fingerprint density at radius 1 is 1.71 bits per heavy atom. The minimum absolute atomic E-state index is 0.582. The summed E-state index contributed by atoms with van der Waals surface area (Å²) in [4.78, 5) is 9.54. The first kappa shape index (κ1) is 7.02. The zero-order chi connectivity index (χ0) is 5.54. The van der Waals surface area contributed by atoms with E-state index >= 15 is 0 Å². The van der Waals surface area contributed by atoms with Gasteiger partial charge in [0.15, 0.2) is 6.29 Å². The Labute approximate surface area is 48.5 Å². The maximum atomic E-state index is 9.54. The van der Waals surface area contributed by atoms with Crippen LogP contribution in [0.4, 0.5) is 0 Å². The van der Waals surface area contributed by atoms with Crippen molar-refractivity contribution in [2.75, 3.05) is 11.5 Å². The fourth-order valence-corrected chi connectivity index (χ4v) is 0.775. The molecule has 0 aromatic carbocycles. The van der Waals surface area contributed by atoms with Crippen molar-refractivity contribution >= 4 is 18.0 Å². The molecule has 2 heteroatoms. The van der Waals surface area contributed by atoms with Crippen molar-refractivity contribution in [3.63, 3.8) is 0 Å². The Morgan fingerprint density at radius 2 is 2.43 bits per heavy atom. The Hall–Kier alpha value is 0.0200. The molecular weight excluding hydrogens is 108 g/mol. The average Bonchev–Trinajstić information content (AvgIpc) is 1.69. The highest BCUT2D eigenvalue weighted by Crippen LogP contribution is 1.97. The van der Waals surface area contributed by atoms with Gasteiger partial charge in [-0.15, -0.1) is 0 Å². The zero-order valence-corrected chi connectivity index (χ0v) is 5.25. The van der Waals surface area contributed by atoms with E-state index in [0.717, 1.165) is 11.5 Å². The summed E-state index contributed by atoms with van der Waals surface area (Å²) in [5, 5.41) is 0. The summed E-state index contributed by atoms with van der Waals surface area (Å²) >= 11 is 1.77. The molecule has 0 aliphatic heterocycles. The number of rotatable bonds is 4. The lowest BCUT2D eigenvalue weighted by molar-refractivity contribution is 0.554. The monoisotopic (exact) mass is 117 g/mol. The molecular formula is C5H9OS. The van der Waals surface area contributed by atoms with E-state index in [0.29, 0.717) is 6.42 Å². The average molecular weight is 117 g/mol. The first-order valence-corrected chi connectivity index (χ1v) is 3.50. The topological polar surface area (TPSA) is 17.1 Å². The molecule has 0 aliphatic carbocycles. The predicted octanol–water partition coefficient (Wildman–Crippen LogP) is 1.24. The van der Waals surface area contributed by atoms with Crippen molar-refractivity contribution in [1.82, 2.24) is 0 Å². The summed E-state index contributed by atoms with van der Waals surface area (Å²) in [5.41, 5.74) is 0. The Morgan fingerprint density at radius 3 is 2.86 bits per heavy atom. The van der Waals surface area contributed by atoms with E-state index in [4.69, 9.17) is 0 Å². The second kappa shape index (κ2) is 6.02. The van der Waals surface area contributed by atoms with Gasteiger partial charge in [0.25, 0.3) is 0 Å². The van der Waals surface area contributed by atoms with E-state index in [-0.39, 0.29) is 0 Å². The predicted molar refractivity (Wildman–Crippen MR) is 33.3 cm³/mol. The largest absolute Gasteiger partial charge is 0.291 e. The standard InChI is InChI=1S/C5H9OS/c1-2-7-5-3-4-6/h2-3,5H2,1H3. The molecule has 0 aromatic heterocycles. The van der Waals surface area contributed by atoms with Crippen molar-refractivity contribution in [1.29, 1.82) is 0 Å². The van der Waals surface area contributed by atoms with Gasteiger partial charge in [0.1, 0.15) is 0 Å². The quantitative estimate of drug-likeness (QED) is 0.515. The van der Waals surface area contributed by atoms with E-state index in [1.807, 2.05) is 6.29 Å². The highest BCUT2D eigenvalue weighted by atomic mass is 32.2. The molecule has 1 radical (unpaired) electrons. The lowest BCUT2D eigenvalue weighted by Crippen LogP contribution is -1.78. The van der Waals surface area contributed by atoms with Gasteiger partial charge in [-0.1, -0.05) is 6.92 Å². The fraction of sp³-hybridized carbons (Fsp3) is 0.800. The third-order valence-electron chi connectivity index (χ3n) is 0.553. The van der Waals surface area contributed by atoms with Crippen molar-refractivity contribution < 1.29 is 4.79 Å². The highest BCUT2D eigenvalue weighted by molar-refractivity contribution is 7.99. The molecule has 0 atom stereocenters. The van der Waals surface area contributed by atoms with E-state index in [2.05, 4.69) is 6.92 Å².